The first-order valence-corrected chi connectivity index (χ1v) is 8.67. The lowest BCUT2D eigenvalue weighted by Crippen LogP contribution is -2.34. The quantitative estimate of drug-likeness (QED) is 0.702. The normalized spacial score (nSPS) is 11.0. The van der Waals surface area contributed by atoms with Gasteiger partial charge in [-0.3, -0.25) is 4.79 Å². The van der Waals surface area contributed by atoms with Crippen LogP contribution in [0.25, 0.3) is 0 Å². The summed E-state index contributed by atoms with van der Waals surface area (Å²) >= 11 is 0. The van der Waals surface area contributed by atoms with Gasteiger partial charge in [0.15, 0.2) is 0 Å². The number of amides is 1. The highest BCUT2D eigenvalue weighted by atomic mass is 16.5. The van der Waals surface area contributed by atoms with E-state index in [0.29, 0.717) is 18.0 Å². The van der Waals surface area contributed by atoms with E-state index in [4.69, 9.17) is 9.47 Å². The minimum Gasteiger partial charge on any atom is -0.497 e. The molecule has 0 saturated carbocycles. The predicted octanol–water partition coefficient (Wildman–Crippen LogP) is 4.79. The third-order valence-electron chi connectivity index (χ3n) is 4.27. The van der Waals surface area contributed by atoms with Crippen molar-refractivity contribution >= 4 is 11.6 Å². The Kier molecular flexibility index (Phi) is 6.45. The highest BCUT2D eigenvalue weighted by Gasteiger charge is 2.30. The molecule has 2 aromatic rings. The topological polar surface area (TPSA) is 47.6 Å². The third-order valence-corrected chi connectivity index (χ3v) is 4.27. The number of hydrogen-bond acceptors (Lipinski definition) is 3. The van der Waals surface area contributed by atoms with Crippen LogP contribution in [0.4, 0.5) is 5.69 Å². The molecule has 2 aromatic carbocycles. The number of ether oxygens (including phenoxy) is 2. The number of para-hydroxylation sites is 2. The summed E-state index contributed by atoms with van der Waals surface area (Å²) in [6.45, 7) is 6.58. The fraction of sp³-hybridized carbons (Fsp3) is 0.381. The van der Waals surface area contributed by atoms with Gasteiger partial charge in [-0.25, -0.2) is 0 Å². The molecule has 0 spiro atoms. The van der Waals surface area contributed by atoms with Gasteiger partial charge in [0.2, 0.25) is 5.91 Å². The van der Waals surface area contributed by atoms with E-state index in [-0.39, 0.29) is 5.91 Å². The third kappa shape index (κ3) is 4.75. The van der Waals surface area contributed by atoms with Gasteiger partial charge < -0.3 is 14.8 Å². The fourth-order valence-corrected chi connectivity index (χ4v) is 2.44. The van der Waals surface area contributed by atoms with E-state index in [0.717, 1.165) is 24.2 Å². The Labute approximate surface area is 150 Å². The molecule has 0 aliphatic carbocycles. The number of anilines is 1. The molecule has 0 fully saturated rings. The first kappa shape index (κ1) is 18.8. The Morgan fingerprint density at radius 2 is 1.76 bits per heavy atom. The van der Waals surface area contributed by atoms with Crippen LogP contribution in [0.3, 0.4) is 0 Å². The van der Waals surface area contributed by atoms with Gasteiger partial charge >= 0.3 is 0 Å². The van der Waals surface area contributed by atoms with Crippen LogP contribution in [0.2, 0.25) is 0 Å². The molecule has 25 heavy (non-hydrogen) atoms. The summed E-state index contributed by atoms with van der Waals surface area (Å²) in [6, 6.07) is 15.1. The van der Waals surface area contributed by atoms with Crippen molar-refractivity contribution in [3.8, 4) is 11.5 Å². The van der Waals surface area contributed by atoms with Crippen LogP contribution in [-0.2, 0) is 10.2 Å². The van der Waals surface area contributed by atoms with Crippen LogP contribution in [-0.4, -0.2) is 19.6 Å². The van der Waals surface area contributed by atoms with E-state index in [2.05, 4.69) is 12.2 Å². The van der Waals surface area contributed by atoms with Gasteiger partial charge in [-0.1, -0.05) is 37.6 Å². The molecule has 1 amide bonds. The molecule has 0 radical (unpaired) electrons. The van der Waals surface area contributed by atoms with Crippen molar-refractivity contribution in [2.45, 2.75) is 39.0 Å². The second kappa shape index (κ2) is 8.56. The van der Waals surface area contributed by atoms with E-state index in [1.54, 1.807) is 7.11 Å². The minimum atomic E-state index is -0.678. The standard InChI is InChI=1S/C21H27NO3/c1-5-6-15-25-19-10-8-7-9-18(19)22-20(23)21(2,3)16-11-13-17(24-4)14-12-16/h7-14H,5-6,15H2,1-4H3,(H,22,23). The van der Waals surface area contributed by atoms with E-state index in [9.17, 15) is 4.79 Å². The molecule has 0 aliphatic heterocycles. The highest BCUT2D eigenvalue weighted by molar-refractivity contribution is 5.99. The maximum atomic E-state index is 12.9. The predicted molar refractivity (Wildman–Crippen MR) is 101 cm³/mol. The molecule has 0 aromatic heterocycles. The molecule has 0 aliphatic rings. The van der Waals surface area contributed by atoms with Gasteiger partial charge in [-0.15, -0.1) is 0 Å². The zero-order valence-electron chi connectivity index (χ0n) is 15.5. The van der Waals surface area contributed by atoms with Crippen LogP contribution in [0.1, 0.15) is 39.2 Å². The number of benzene rings is 2. The Morgan fingerprint density at radius 1 is 1.08 bits per heavy atom. The van der Waals surface area contributed by atoms with Crippen molar-refractivity contribution in [3.05, 3.63) is 54.1 Å². The summed E-state index contributed by atoms with van der Waals surface area (Å²) in [4.78, 5) is 12.9. The van der Waals surface area contributed by atoms with E-state index in [1.165, 1.54) is 0 Å². The van der Waals surface area contributed by atoms with E-state index >= 15 is 0 Å². The molecular formula is C21H27NO3. The SMILES string of the molecule is CCCCOc1ccccc1NC(=O)C(C)(C)c1ccc(OC)cc1. The van der Waals surface area contributed by atoms with Crippen LogP contribution in [0.15, 0.2) is 48.5 Å². The van der Waals surface area contributed by atoms with Crippen molar-refractivity contribution in [2.75, 3.05) is 19.0 Å². The monoisotopic (exact) mass is 341 g/mol. The van der Waals surface area contributed by atoms with Crippen molar-refractivity contribution in [3.63, 3.8) is 0 Å². The number of hydrogen-bond donors (Lipinski definition) is 1. The molecule has 0 unspecified atom stereocenters. The van der Waals surface area contributed by atoms with Crippen LogP contribution >= 0.6 is 0 Å². The van der Waals surface area contributed by atoms with Crippen LogP contribution in [0.5, 0.6) is 11.5 Å². The second-order valence-electron chi connectivity index (χ2n) is 6.51. The summed E-state index contributed by atoms with van der Waals surface area (Å²) in [6.07, 6.45) is 2.05. The number of carbonyl (C=O) groups is 1. The van der Waals surface area contributed by atoms with Crippen molar-refractivity contribution < 1.29 is 14.3 Å². The van der Waals surface area contributed by atoms with Crippen molar-refractivity contribution in [2.24, 2.45) is 0 Å². The average Bonchev–Trinajstić information content (AvgIpc) is 2.63. The maximum absolute atomic E-state index is 12.9. The molecule has 2 rings (SSSR count). The summed E-state index contributed by atoms with van der Waals surface area (Å²) in [5.74, 6) is 1.40. The van der Waals surface area contributed by atoms with Gasteiger partial charge in [0.05, 0.1) is 24.8 Å². The minimum absolute atomic E-state index is 0.0794. The van der Waals surface area contributed by atoms with Gasteiger partial charge in [-0.2, -0.15) is 0 Å². The van der Waals surface area contributed by atoms with Crippen LogP contribution < -0.4 is 14.8 Å². The Balaban J connectivity index is 2.14. The molecule has 0 atom stereocenters. The average molecular weight is 341 g/mol. The summed E-state index contributed by atoms with van der Waals surface area (Å²) in [5, 5.41) is 3.01. The number of nitrogens with one attached hydrogen (secondary N) is 1. The summed E-state index contributed by atoms with van der Waals surface area (Å²) < 4.78 is 11.0. The smallest absolute Gasteiger partial charge is 0.234 e. The lowest BCUT2D eigenvalue weighted by Gasteiger charge is -2.25. The molecule has 1 N–H and O–H groups in total. The lowest BCUT2D eigenvalue weighted by molar-refractivity contribution is -0.120. The maximum Gasteiger partial charge on any atom is 0.234 e. The Hall–Kier alpha value is -2.49. The van der Waals surface area contributed by atoms with E-state index in [1.807, 2.05) is 62.4 Å². The summed E-state index contributed by atoms with van der Waals surface area (Å²) in [7, 11) is 1.63. The Morgan fingerprint density at radius 3 is 2.40 bits per heavy atom. The zero-order chi connectivity index (χ0) is 18.3. The molecular weight excluding hydrogens is 314 g/mol. The number of carbonyl (C=O) groups excluding carboxylic acids is 1. The van der Waals surface area contributed by atoms with Gasteiger partial charge in [0.1, 0.15) is 11.5 Å². The Bertz CT molecular complexity index is 693. The lowest BCUT2D eigenvalue weighted by atomic mass is 9.83. The first-order valence-electron chi connectivity index (χ1n) is 8.67. The van der Waals surface area contributed by atoms with Gasteiger partial charge in [0.25, 0.3) is 0 Å². The van der Waals surface area contributed by atoms with Crippen molar-refractivity contribution in [1.29, 1.82) is 0 Å². The summed E-state index contributed by atoms with van der Waals surface area (Å²) in [5.41, 5.74) is 0.948. The molecule has 4 nitrogen and oxygen atoms in total. The number of unbranched alkanes of at least 4 members (excludes halogenated alkanes) is 1. The zero-order valence-corrected chi connectivity index (χ0v) is 15.5. The van der Waals surface area contributed by atoms with Gasteiger partial charge in [0, 0.05) is 0 Å². The number of methoxy groups -OCH3 is 1. The molecule has 0 heterocycles. The molecule has 0 saturated heterocycles. The number of rotatable bonds is 8. The molecule has 134 valence electrons. The molecule has 4 heteroatoms. The van der Waals surface area contributed by atoms with E-state index < -0.39 is 5.41 Å². The largest absolute Gasteiger partial charge is 0.497 e. The first-order chi connectivity index (χ1) is 12.0. The fourth-order valence-electron chi connectivity index (χ4n) is 2.44. The van der Waals surface area contributed by atoms with Crippen molar-refractivity contribution in [1.82, 2.24) is 0 Å². The second-order valence-corrected chi connectivity index (χ2v) is 6.51. The van der Waals surface area contributed by atoms with Crippen LogP contribution in [0, 0.1) is 0 Å². The van der Waals surface area contributed by atoms with Gasteiger partial charge in [-0.05, 0) is 50.1 Å². The highest BCUT2D eigenvalue weighted by Crippen LogP contribution is 2.30. The molecule has 0 bridgehead atoms.